The Hall–Kier alpha value is -1.72. The first-order chi connectivity index (χ1) is 10.7. The minimum atomic E-state index is 0.00933. The van der Waals surface area contributed by atoms with Crippen LogP contribution in [-0.4, -0.2) is 35.1 Å². The molecule has 118 valence electrons. The monoisotopic (exact) mass is 302 g/mol. The van der Waals surface area contributed by atoms with Crippen LogP contribution in [0.1, 0.15) is 31.0 Å². The molecule has 3 rings (SSSR count). The maximum Gasteiger partial charge on any atom is 0.258 e. The molecule has 3 heterocycles. The van der Waals surface area contributed by atoms with E-state index in [0.29, 0.717) is 0 Å². The van der Waals surface area contributed by atoms with Crippen LogP contribution in [0.3, 0.4) is 0 Å². The highest BCUT2D eigenvalue weighted by molar-refractivity contribution is 5.41. The van der Waals surface area contributed by atoms with E-state index in [2.05, 4.69) is 17.2 Å². The van der Waals surface area contributed by atoms with Crippen LogP contribution in [0, 0.1) is 6.92 Å². The van der Waals surface area contributed by atoms with Gasteiger partial charge in [-0.05, 0) is 31.5 Å². The summed E-state index contributed by atoms with van der Waals surface area (Å²) in [6.45, 7) is 8.72. The number of hydrogen-bond donors (Lipinski definition) is 2. The lowest BCUT2D eigenvalue weighted by atomic mass is 10.2. The first kappa shape index (κ1) is 15.2. The number of aromatic nitrogens is 2. The van der Waals surface area contributed by atoms with Crippen molar-refractivity contribution >= 4 is 5.65 Å². The molecule has 3 N–H and O–H groups in total. The molecule has 0 amide bonds. The Labute approximate surface area is 131 Å². The number of fused-ring (bicyclic) bond motifs is 1. The quantitative estimate of drug-likeness (QED) is 0.755. The SMILES string of the molecule is CC[NH+]1CCC[C@H]1C[NH2+]Cc1cc(=O)n2ccc(C)cc2n1. The van der Waals surface area contributed by atoms with Gasteiger partial charge in [0.05, 0.1) is 13.1 Å². The highest BCUT2D eigenvalue weighted by atomic mass is 16.1. The van der Waals surface area contributed by atoms with Gasteiger partial charge in [0.25, 0.3) is 5.56 Å². The Morgan fingerprint density at radius 1 is 1.45 bits per heavy atom. The summed E-state index contributed by atoms with van der Waals surface area (Å²) in [4.78, 5) is 18.5. The number of nitrogens with two attached hydrogens (primary N) is 1. The highest BCUT2D eigenvalue weighted by Crippen LogP contribution is 2.02. The predicted octanol–water partition coefficient (Wildman–Crippen LogP) is -0.866. The number of aryl methyl sites for hydroxylation is 1. The van der Waals surface area contributed by atoms with Gasteiger partial charge in [-0.2, -0.15) is 0 Å². The van der Waals surface area contributed by atoms with Gasteiger partial charge in [-0.25, -0.2) is 4.98 Å². The van der Waals surface area contributed by atoms with E-state index in [0.717, 1.165) is 36.0 Å². The largest absolute Gasteiger partial charge is 0.336 e. The van der Waals surface area contributed by atoms with E-state index in [4.69, 9.17) is 0 Å². The first-order valence-electron chi connectivity index (χ1n) is 8.32. The Balaban J connectivity index is 1.68. The molecule has 1 saturated heterocycles. The number of likely N-dealkylation sites (tertiary alicyclic amines) is 1. The summed E-state index contributed by atoms with van der Waals surface area (Å²) in [7, 11) is 0. The fraction of sp³-hybridized carbons (Fsp3) is 0.529. The van der Waals surface area contributed by atoms with Crippen molar-refractivity contribution < 1.29 is 10.2 Å². The number of nitrogens with one attached hydrogen (secondary N) is 1. The molecule has 0 bridgehead atoms. The molecule has 0 spiro atoms. The predicted molar refractivity (Wildman–Crippen MR) is 86.1 cm³/mol. The maximum atomic E-state index is 12.1. The molecule has 1 aliphatic heterocycles. The summed E-state index contributed by atoms with van der Waals surface area (Å²) >= 11 is 0. The van der Waals surface area contributed by atoms with E-state index in [1.54, 1.807) is 21.6 Å². The van der Waals surface area contributed by atoms with Crippen molar-refractivity contribution in [3.63, 3.8) is 0 Å². The molecule has 5 heteroatoms. The zero-order valence-corrected chi connectivity index (χ0v) is 13.5. The van der Waals surface area contributed by atoms with Crippen LogP contribution in [0.4, 0.5) is 0 Å². The lowest BCUT2D eigenvalue weighted by Crippen LogP contribution is -3.16. The molecule has 0 saturated carbocycles. The second-order valence-electron chi connectivity index (χ2n) is 6.35. The fourth-order valence-electron chi connectivity index (χ4n) is 3.52. The summed E-state index contributed by atoms with van der Waals surface area (Å²) < 4.78 is 1.61. The van der Waals surface area contributed by atoms with Gasteiger partial charge in [-0.3, -0.25) is 9.20 Å². The molecule has 1 fully saturated rings. The van der Waals surface area contributed by atoms with E-state index in [-0.39, 0.29) is 5.56 Å². The number of rotatable bonds is 5. The minimum Gasteiger partial charge on any atom is -0.336 e. The number of hydrogen-bond acceptors (Lipinski definition) is 2. The second kappa shape index (κ2) is 6.58. The smallest absolute Gasteiger partial charge is 0.258 e. The zero-order valence-electron chi connectivity index (χ0n) is 13.5. The topological polar surface area (TPSA) is 55.4 Å². The molecule has 5 nitrogen and oxygen atoms in total. The summed E-state index contributed by atoms with van der Waals surface area (Å²) in [6, 6.07) is 6.32. The van der Waals surface area contributed by atoms with Gasteiger partial charge in [-0.1, -0.05) is 0 Å². The Morgan fingerprint density at radius 3 is 3.14 bits per heavy atom. The molecule has 22 heavy (non-hydrogen) atoms. The normalized spacial score (nSPS) is 21.5. The van der Waals surface area contributed by atoms with Gasteiger partial charge < -0.3 is 10.2 Å². The summed E-state index contributed by atoms with van der Waals surface area (Å²) in [5, 5.41) is 2.31. The van der Waals surface area contributed by atoms with Crippen LogP contribution in [0.25, 0.3) is 5.65 Å². The van der Waals surface area contributed by atoms with Gasteiger partial charge in [0, 0.05) is 25.1 Å². The van der Waals surface area contributed by atoms with Crippen molar-refractivity contribution in [3.8, 4) is 0 Å². The molecular weight excluding hydrogens is 276 g/mol. The van der Waals surface area contributed by atoms with Crippen LogP contribution < -0.4 is 15.8 Å². The number of likely N-dealkylation sites (N-methyl/N-ethyl adjacent to an activating group) is 1. The third-order valence-electron chi connectivity index (χ3n) is 4.76. The van der Waals surface area contributed by atoms with Crippen molar-refractivity contribution in [2.24, 2.45) is 0 Å². The lowest BCUT2D eigenvalue weighted by Gasteiger charge is -2.18. The first-order valence-corrected chi connectivity index (χ1v) is 8.32. The van der Waals surface area contributed by atoms with Crippen molar-refractivity contribution in [1.82, 2.24) is 9.38 Å². The van der Waals surface area contributed by atoms with E-state index in [1.807, 2.05) is 19.1 Å². The van der Waals surface area contributed by atoms with Crippen molar-refractivity contribution in [2.45, 2.75) is 39.3 Å². The van der Waals surface area contributed by atoms with Crippen molar-refractivity contribution in [3.05, 3.63) is 46.0 Å². The molecule has 1 unspecified atom stereocenters. The highest BCUT2D eigenvalue weighted by Gasteiger charge is 2.28. The Kier molecular flexibility index (Phi) is 4.55. The summed E-state index contributed by atoms with van der Waals surface area (Å²) in [5.74, 6) is 0. The number of quaternary nitrogens is 2. The summed E-state index contributed by atoms with van der Waals surface area (Å²) in [5.41, 5.74) is 2.76. The zero-order chi connectivity index (χ0) is 15.5. The van der Waals surface area contributed by atoms with Gasteiger partial charge >= 0.3 is 0 Å². The number of nitrogens with zero attached hydrogens (tertiary/aromatic N) is 2. The molecule has 2 aromatic heterocycles. The van der Waals surface area contributed by atoms with Crippen LogP contribution >= 0.6 is 0 Å². The third kappa shape index (κ3) is 3.20. The van der Waals surface area contributed by atoms with Crippen LogP contribution in [0.2, 0.25) is 0 Å². The molecule has 2 aromatic rings. The van der Waals surface area contributed by atoms with Crippen LogP contribution in [-0.2, 0) is 6.54 Å². The van der Waals surface area contributed by atoms with Crippen molar-refractivity contribution in [1.29, 1.82) is 0 Å². The van der Waals surface area contributed by atoms with E-state index >= 15 is 0 Å². The van der Waals surface area contributed by atoms with Gasteiger partial charge in [0.15, 0.2) is 0 Å². The van der Waals surface area contributed by atoms with Gasteiger partial charge in [0.2, 0.25) is 0 Å². The van der Waals surface area contributed by atoms with Gasteiger partial charge in [-0.15, -0.1) is 0 Å². The van der Waals surface area contributed by atoms with Crippen molar-refractivity contribution in [2.75, 3.05) is 19.6 Å². The molecular formula is C17H26N4O+2. The van der Waals surface area contributed by atoms with E-state index in [1.165, 1.54) is 25.9 Å². The molecule has 0 aromatic carbocycles. The van der Waals surface area contributed by atoms with E-state index in [9.17, 15) is 4.79 Å². The van der Waals surface area contributed by atoms with E-state index < -0.39 is 0 Å². The Bertz CT molecular complexity index is 709. The number of pyridine rings is 1. The minimum absolute atomic E-state index is 0.00933. The molecule has 2 atom stereocenters. The second-order valence-corrected chi connectivity index (χ2v) is 6.35. The van der Waals surface area contributed by atoms with Crippen LogP contribution in [0.5, 0.6) is 0 Å². The average Bonchev–Trinajstić information content (AvgIpc) is 2.94. The lowest BCUT2D eigenvalue weighted by molar-refractivity contribution is -0.925. The standard InChI is InChI=1S/C17H24N4O/c1-3-20-7-4-5-15(20)12-18-11-14-10-17(22)21-8-6-13(2)9-16(21)19-14/h6,8-10,15,18H,3-5,7,11-12H2,1-2H3/p+2/t15-/m0/s1. The molecule has 0 radical (unpaired) electrons. The van der Waals surface area contributed by atoms with Crippen LogP contribution in [0.15, 0.2) is 29.2 Å². The maximum absolute atomic E-state index is 12.1. The Morgan fingerprint density at radius 2 is 2.32 bits per heavy atom. The average molecular weight is 302 g/mol. The molecule has 0 aliphatic carbocycles. The third-order valence-corrected chi connectivity index (χ3v) is 4.76. The van der Waals surface area contributed by atoms with Gasteiger partial charge in [0.1, 0.15) is 30.5 Å². The molecule has 1 aliphatic rings. The fourth-order valence-corrected chi connectivity index (χ4v) is 3.52. The summed E-state index contributed by atoms with van der Waals surface area (Å²) in [6.07, 6.45) is 4.47.